The van der Waals surface area contributed by atoms with E-state index in [-0.39, 0.29) is 6.03 Å². The average Bonchev–Trinajstić information content (AvgIpc) is 2.46. The van der Waals surface area contributed by atoms with E-state index in [9.17, 15) is 9.59 Å². The monoisotopic (exact) mass is 294 g/mol. The first kappa shape index (κ1) is 14.4. The zero-order chi connectivity index (χ0) is 14.7. The number of carbonyl (C=O) groups excluding carboxylic acids is 2. The molecule has 0 fully saturated rings. The number of halogens is 1. The lowest BCUT2D eigenvalue weighted by Gasteiger charge is -2.28. The Kier molecular flexibility index (Phi) is 4.29. The minimum atomic E-state index is -0.539. The van der Waals surface area contributed by atoms with Crippen LogP contribution in [0, 0.1) is 0 Å². The molecule has 1 aliphatic rings. The maximum atomic E-state index is 12.0. The predicted molar refractivity (Wildman–Crippen MR) is 75.2 cm³/mol. The minimum Gasteiger partial charge on any atom is -0.466 e. The molecule has 2 amide bonds. The molecule has 0 spiro atoms. The Morgan fingerprint density at radius 3 is 2.55 bits per heavy atom. The van der Waals surface area contributed by atoms with Crippen LogP contribution in [0.2, 0.25) is 5.02 Å². The largest absolute Gasteiger partial charge is 0.466 e. The highest BCUT2D eigenvalue weighted by Gasteiger charge is 2.32. The van der Waals surface area contributed by atoms with Gasteiger partial charge in [-0.15, -0.1) is 0 Å². The van der Waals surface area contributed by atoms with Crippen molar-refractivity contribution >= 4 is 23.6 Å². The van der Waals surface area contributed by atoms with Gasteiger partial charge in [-0.25, -0.2) is 9.59 Å². The molecule has 1 aromatic carbocycles. The van der Waals surface area contributed by atoms with Crippen LogP contribution in [0.4, 0.5) is 4.79 Å². The highest BCUT2D eigenvalue weighted by molar-refractivity contribution is 6.30. The van der Waals surface area contributed by atoms with Gasteiger partial charge in [0.1, 0.15) is 0 Å². The number of rotatable bonds is 3. The number of urea groups is 1. The van der Waals surface area contributed by atoms with Crippen LogP contribution < -0.4 is 10.6 Å². The van der Waals surface area contributed by atoms with E-state index in [0.717, 1.165) is 5.56 Å². The lowest BCUT2D eigenvalue weighted by molar-refractivity contribution is -0.136. The molecule has 6 heteroatoms. The van der Waals surface area contributed by atoms with Crippen LogP contribution in [0.3, 0.4) is 0 Å². The second-order valence-corrected chi connectivity index (χ2v) is 4.76. The number of amides is 2. The van der Waals surface area contributed by atoms with Gasteiger partial charge in [0.25, 0.3) is 0 Å². The van der Waals surface area contributed by atoms with Crippen LogP contribution >= 0.6 is 11.6 Å². The zero-order valence-corrected chi connectivity index (χ0v) is 12.0. The van der Waals surface area contributed by atoms with Gasteiger partial charge in [-0.2, -0.15) is 0 Å². The van der Waals surface area contributed by atoms with E-state index in [1.165, 1.54) is 7.11 Å². The standard InChI is InChI=1S/C14H15ClN2O3/c1-3-10-11(13(18)20-2)12(17-14(19)16-10)8-4-6-9(15)7-5-8/h4-7,12H,3H2,1-2H3,(H2,16,17,19). The van der Waals surface area contributed by atoms with Crippen LogP contribution in [0.25, 0.3) is 0 Å². The lowest BCUT2D eigenvalue weighted by atomic mass is 9.94. The third-order valence-electron chi connectivity index (χ3n) is 3.12. The second kappa shape index (κ2) is 5.96. The summed E-state index contributed by atoms with van der Waals surface area (Å²) in [4.78, 5) is 23.7. The zero-order valence-electron chi connectivity index (χ0n) is 11.2. The molecule has 2 rings (SSSR count). The highest BCUT2D eigenvalue weighted by Crippen LogP contribution is 2.29. The van der Waals surface area contributed by atoms with Crippen molar-refractivity contribution in [2.45, 2.75) is 19.4 Å². The number of nitrogens with one attached hydrogen (secondary N) is 2. The minimum absolute atomic E-state index is 0.338. The number of benzene rings is 1. The van der Waals surface area contributed by atoms with Gasteiger partial charge in [-0.05, 0) is 24.1 Å². The maximum Gasteiger partial charge on any atom is 0.337 e. The quantitative estimate of drug-likeness (QED) is 0.842. The fraction of sp³-hybridized carbons (Fsp3) is 0.286. The fourth-order valence-electron chi connectivity index (χ4n) is 2.15. The Labute approximate surface area is 121 Å². The SMILES string of the molecule is CCC1=C(C(=O)OC)C(c2ccc(Cl)cc2)NC(=O)N1. The van der Waals surface area contributed by atoms with Gasteiger partial charge in [0, 0.05) is 10.7 Å². The number of allylic oxidation sites excluding steroid dienone is 1. The Balaban J connectivity index is 2.49. The third-order valence-corrected chi connectivity index (χ3v) is 3.37. The predicted octanol–water partition coefficient (Wildman–Crippen LogP) is 2.53. The molecule has 1 heterocycles. The Morgan fingerprint density at radius 2 is 2.00 bits per heavy atom. The summed E-state index contributed by atoms with van der Waals surface area (Å²) in [5.74, 6) is -0.464. The molecule has 0 aliphatic carbocycles. The molecule has 0 bridgehead atoms. The first-order valence-electron chi connectivity index (χ1n) is 6.21. The summed E-state index contributed by atoms with van der Waals surface area (Å²) in [5.41, 5.74) is 1.76. The highest BCUT2D eigenvalue weighted by atomic mass is 35.5. The molecule has 0 saturated heterocycles. The van der Waals surface area contributed by atoms with Gasteiger partial charge < -0.3 is 15.4 Å². The van der Waals surface area contributed by atoms with Crippen molar-refractivity contribution in [2.24, 2.45) is 0 Å². The first-order valence-corrected chi connectivity index (χ1v) is 6.59. The van der Waals surface area contributed by atoms with Crippen LogP contribution in [0.5, 0.6) is 0 Å². The summed E-state index contributed by atoms with van der Waals surface area (Å²) < 4.78 is 4.82. The fourth-order valence-corrected chi connectivity index (χ4v) is 2.28. The molecule has 106 valence electrons. The van der Waals surface area contributed by atoms with E-state index >= 15 is 0 Å². The van der Waals surface area contributed by atoms with Crippen LogP contribution in [-0.2, 0) is 9.53 Å². The number of ether oxygens (including phenoxy) is 1. The van der Waals surface area contributed by atoms with E-state index in [4.69, 9.17) is 16.3 Å². The van der Waals surface area contributed by atoms with Gasteiger partial charge in [-0.1, -0.05) is 30.7 Å². The molecule has 0 radical (unpaired) electrons. The van der Waals surface area contributed by atoms with E-state index in [2.05, 4.69) is 10.6 Å². The molecule has 5 nitrogen and oxygen atoms in total. The molecule has 1 unspecified atom stereocenters. The second-order valence-electron chi connectivity index (χ2n) is 4.32. The molecule has 0 aromatic heterocycles. The molecule has 2 N–H and O–H groups in total. The third kappa shape index (κ3) is 2.77. The lowest BCUT2D eigenvalue weighted by Crippen LogP contribution is -2.45. The number of carbonyl (C=O) groups is 2. The van der Waals surface area contributed by atoms with Crippen molar-refractivity contribution in [2.75, 3.05) is 7.11 Å². The Hall–Kier alpha value is -2.01. The van der Waals surface area contributed by atoms with Crippen LogP contribution in [0.15, 0.2) is 35.5 Å². The number of hydrogen-bond acceptors (Lipinski definition) is 3. The Morgan fingerprint density at radius 1 is 1.35 bits per heavy atom. The summed E-state index contributed by atoms with van der Waals surface area (Å²) in [6, 6.07) is 6.10. The van der Waals surface area contributed by atoms with Crippen molar-refractivity contribution in [3.63, 3.8) is 0 Å². The van der Waals surface area contributed by atoms with Crippen molar-refractivity contribution in [1.29, 1.82) is 0 Å². The van der Waals surface area contributed by atoms with Crippen molar-refractivity contribution < 1.29 is 14.3 Å². The van der Waals surface area contributed by atoms with Crippen LogP contribution in [-0.4, -0.2) is 19.1 Å². The van der Waals surface area contributed by atoms with Gasteiger partial charge >= 0.3 is 12.0 Å². The summed E-state index contributed by atoms with van der Waals surface area (Å²) in [6.45, 7) is 1.86. The molecule has 0 saturated carbocycles. The number of methoxy groups -OCH3 is 1. The number of esters is 1. The van der Waals surface area contributed by atoms with Gasteiger partial charge in [0.05, 0.1) is 18.7 Å². The van der Waals surface area contributed by atoms with Crippen molar-refractivity contribution in [3.8, 4) is 0 Å². The average molecular weight is 295 g/mol. The summed E-state index contributed by atoms with van der Waals surface area (Å²) in [5, 5.41) is 5.97. The molecule has 1 aliphatic heterocycles. The normalized spacial score (nSPS) is 18.4. The summed E-state index contributed by atoms with van der Waals surface area (Å²) >= 11 is 5.86. The van der Waals surface area contributed by atoms with E-state index < -0.39 is 12.0 Å². The van der Waals surface area contributed by atoms with Crippen molar-refractivity contribution in [1.82, 2.24) is 10.6 Å². The van der Waals surface area contributed by atoms with E-state index in [1.54, 1.807) is 24.3 Å². The molecular formula is C14H15ClN2O3. The molecular weight excluding hydrogens is 280 g/mol. The summed E-state index contributed by atoms with van der Waals surface area (Å²) in [7, 11) is 1.32. The first-order chi connectivity index (χ1) is 9.56. The summed E-state index contributed by atoms with van der Waals surface area (Å²) in [6.07, 6.45) is 0.530. The topological polar surface area (TPSA) is 67.4 Å². The molecule has 1 aromatic rings. The maximum absolute atomic E-state index is 12.0. The number of hydrogen-bond donors (Lipinski definition) is 2. The van der Waals surface area contributed by atoms with Gasteiger partial charge in [0.2, 0.25) is 0 Å². The van der Waals surface area contributed by atoms with Gasteiger partial charge in [0.15, 0.2) is 0 Å². The van der Waals surface area contributed by atoms with E-state index in [1.807, 2.05) is 6.92 Å². The van der Waals surface area contributed by atoms with Crippen molar-refractivity contribution in [3.05, 3.63) is 46.1 Å². The van der Waals surface area contributed by atoms with E-state index in [0.29, 0.717) is 22.7 Å². The smallest absolute Gasteiger partial charge is 0.337 e. The Bertz CT molecular complexity index is 566. The molecule has 20 heavy (non-hydrogen) atoms. The molecule has 1 atom stereocenters. The van der Waals surface area contributed by atoms with Gasteiger partial charge in [-0.3, -0.25) is 0 Å². The van der Waals surface area contributed by atoms with Crippen LogP contribution in [0.1, 0.15) is 24.9 Å².